The molecule has 0 saturated carbocycles. The van der Waals surface area contributed by atoms with E-state index in [0.717, 1.165) is 0 Å². The Balaban J connectivity index is 3.02. The average Bonchev–Trinajstić information content (AvgIpc) is 2.03. The first-order chi connectivity index (χ1) is 5.52. The Bertz CT molecular complexity index is 348. The van der Waals surface area contributed by atoms with Gasteiger partial charge in [-0.2, -0.15) is 8.42 Å². The standard InChI is InChI=1S/C6H8N2O3S/c1-5(12(9,10)11)6-4-7-2-3-8-6/h2-5H,1H3,(H,9,10,11)/t5-/m1/s1. The predicted octanol–water partition coefficient (Wildman–Crippen LogP) is 0.425. The van der Waals surface area contributed by atoms with Gasteiger partial charge in [0, 0.05) is 18.6 Å². The van der Waals surface area contributed by atoms with Gasteiger partial charge in [0.2, 0.25) is 0 Å². The molecule has 1 aromatic rings. The van der Waals surface area contributed by atoms with Crippen LogP contribution in [0.2, 0.25) is 0 Å². The predicted molar refractivity (Wildman–Crippen MR) is 42.0 cm³/mol. The molecular weight excluding hydrogens is 180 g/mol. The van der Waals surface area contributed by atoms with Gasteiger partial charge < -0.3 is 0 Å². The van der Waals surface area contributed by atoms with E-state index in [1.54, 1.807) is 0 Å². The van der Waals surface area contributed by atoms with Crippen LogP contribution in [-0.2, 0) is 10.1 Å². The maximum Gasteiger partial charge on any atom is 0.273 e. The SMILES string of the molecule is C[C@H](c1cnccn1)S(=O)(=O)O. The molecule has 0 aromatic carbocycles. The first-order valence-electron chi connectivity index (χ1n) is 3.24. The number of hydrogen-bond acceptors (Lipinski definition) is 4. The van der Waals surface area contributed by atoms with Gasteiger partial charge in [0.25, 0.3) is 10.1 Å². The molecule has 1 atom stereocenters. The summed E-state index contributed by atoms with van der Waals surface area (Å²) in [5.74, 6) is 0. The Morgan fingerprint density at radius 1 is 1.50 bits per heavy atom. The van der Waals surface area contributed by atoms with E-state index in [1.165, 1.54) is 25.5 Å². The number of nitrogens with zero attached hydrogens (tertiary/aromatic N) is 2. The first kappa shape index (κ1) is 9.08. The van der Waals surface area contributed by atoms with Gasteiger partial charge in [0.05, 0.1) is 5.69 Å². The zero-order valence-electron chi connectivity index (χ0n) is 6.38. The molecule has 1 aromatic heterocycles. The van der Waals surface area contributed by atoms with Crippen molar-refractivity contribution in [1.29, 1.82) is 0 Å². The van der Waals surface area contributed by atoms with Gasteiger partial charge in [-0.1, -0.05) is 0 Å². The summed E-state index contributed by atoms with van der Waals surface area (Å²) in [7, 11) is -4.06. The van der Waals surface area contributed by atoms with E-state index in [0.29, 0.717) is 0 Å². The van der Waals surface area contributed by atoms with Crippen molar-refractivity contribution in [3.8, 4) is 0 Å². The molecule has 6 heteroatoms. The van der Waals surface area contributed by atoms with Crippen LogP contribution in [0.3, 0.4) is 0 Å². The quantitative estimate of drug-likeness (QED) is 0.680. The van der Waals surface area contributed by atoms with Crippen molar-refractivity contribution in [2.24, 2.45) is 0 Å². The summed E-state index contributed by atoms with van der Waals surface area (Å²) in [6, 6.07) is 0. The molecule has 5 nitrogen and oxygen atoms in total. The summed E-state index contributed by atoms with van der Waals surface area (Å²) in [5.41, 5.74) is 0.236. The number of hydrogen-bond donors (Lipinski definition) is 1. The summed E-state index contributed by atoms with van der Waals surface area (Å²) in [6.07, 6.45) is 4.11. The van der Waals surface area contributed by atoms with E-state index in [1.807, 2.05) is 0 Å². The highest BCUT2D eigenvalue weighted by Crippen LogP contribution is 2.16. The Morgan fingerprint density at radius 2 is 2.17 bits per heavy atom. The van der Waals surface area contributed by atoms with Crippen LogP contribution in [0.5, 0.6) is 0 Å². The van der Waals surface area contributed by atoms with E-state index in [4.69, 9.17) is 4.55 Å². The number of rotatable bonds is 2. The average molecular weight is 188 g/mol. The molecule has 0 aliphatic rings. The normalized spacial score (nSPS) is 14.2. The van der Waals surface area contributed by atoms with Gasteiger partial charge in [0.1, 0.15) is 5.25 Å². The summed E-state index contributed by atoms with van der Waals surface area (Å²) < 4.78 is 29.9. The van der Waals surface area contributed by atoms with Gasteiger partial charge in [-0.3, -0.25) is 14.5 Å². The van der Waals surface area contributed by atoms with Gasteiger partial charge in [-0.25, -0.2) is 0 Å². The second-order valence-corrected chi connectivity index (χ2v) is 4.02. The Labute approximate surface area is 70.2 Å². The Morgan fingerprint density at radius 3 is 2.58 bits per heavy atom. The topological polar surface area (TPSA) is 80.2 Å². The zero-order valence-corrected chi connectivity index (χ0v) is 7.19. The summed E-state index contributed by atoms with van der Waals surface area (Å²) >= 11 is 0. The van der Waals surface area contributed by atoms with Crippen LogP contribution < -0.4 is 0 Å². The van der Waals surface area contributed by atoms with Crippen LogP contribution in [0.1, 0.15) is 17.9 Å². The van der Waals surface area contributed by atoms with Crippen LogP contribution in [0, 0.1) is 0 Å². The molecule has 0 fully saturated rings. The second-order valence-electron chi connectivity index (χ2n) is 2.29. The van der Waals surface area contributed by atoms with E-state index in [-0.39, 0.29) is 5.69 Å². The van der Waals surface area contributed by atoms with Crippen molar-refractivity contribution in [3.63, 3.8) is 0 Å². The lowest BCUT2D eigenvalue weighted by molar-refractivity contribution is 0.471. The second kappa shape index (κ2) is 3.16. The van der Waals surface area contributed by atoms with Crippen LogP contribution in [0.4, 0.5) is 0 Å². The number of aromatic nitrogens is 2. The third-order valence-electron chi connectivity index (χ3n) is 1.45. The highest BCUT2D eigenvalue weighted by Gasteiger charge is 2.20. The fraction of sp³-hybridized carbons (Fsp3) is 0.333. The minimum absolute atomic E-state index is 0.236. The van der Waals surface area contributed by atoms with E-state index in [9.17, 15) is 8.42 Å². The monoisotopic (exact) mass is 188 g/mol. The summed E-state index contributed by atoms with van der Waals surface area (Å²) in [4.78, 5) is 7.42. The molecule has 0 aliphatic heterocycles. The van der Waals surface area contributed by atoms with Gasteiger partial charge in [0.15, 0.2) is 0 Å². The zero-order chi connectivity index (χ0) is 9.19. The minimum atomic E-state index is -4.06. The molecule has 1 N–H and O–H groups in total. The van der Waals surface area contributed by atoms with Crippen LogP contribution in [0.15, 0.2) is 18.6 Å². The molecular formula is C6H8N2O3S. The fourth-order valence-electron chi connectivity index (χ4n) is 0.673. The lowest BCUT2D eigenvalue weighted by atomic mass is 10.3. The molecule has 12 heavy (non-hydrogen) atoms. The first-order valence-corrected chi connectivity index (χ1v) is 4.74. The van der Waals surface area contributed by atoms with E-state index >= 15 is 0 Å². The largest absolute Gasteiger partial charge is 0.285 e. The maximum absolute atomic E-state index is 10.6. The fourth-order valence-corrected chi connectivity index (χ4v) is 1.10. The molecule has 0 aliphatic carbocycles. The van der Waals surface area contributed by atoms with Crippen molar-refractivity contribution in [1.82, 2.24) is 9.97 Å². The van der Waals surface area contributed by atoms with Crippen LogP contribution in [-0.4, -0.2) is 22.9 Å². The van der Waals surface area contributed by atoms with E-state index in [2.05, 4.69) is 9.97 Å². The third-order valence-corrected chi connectivity index (χ3v) is 2.58. The molecule has 1 rings (SSSR count). The van der Waals surface area contributed by atoms with Crippen LogP contribution >= 0.6 is 0 Å². The molecule has 0 radical (unpaired) electrons. The van der Waals surface area contributed by atoms with Gasteiger partial charge >= 0.3 is 0 Å². The summed E-state index contributed by atoms with van der Waals surface area (Å²) in [6.45, 7) is 1.35. The molecule has 66 valence electrons. The van der Waals surface area contributed by atoms with Gasteiger partial charge in [-0.15, -0.1) is 0 Å². The smallest absolute Gasteiger partial charge is 0.273 e. The molecule has 0 saturated heterocycles. The molecule has 0 spiro atoms. The molecule has 0 bridgehead atoms. The van der Waals surface area contributed by atoms with Crippen molar-refractivity contribution < 1.29 is 13.0 Å². The van der Waals surface area contributed by atoms with Crippen LogP contribution in [0.25, 0.3) is 0 Å². The Kier molecular flexibility index (Phi) is 2.39. The molecule has 1 heterocycles. The van der Waals surface area contributed by atoms with E-state index < -0.39 is 15.4 Å². The highest BCUT2D eigenvalue weighted by atomic mass is 32.2. The minimum Gasteiger partial charge on any atom is -0.285 e. The molecule has 0 amide bonds. The maximum atomic E-state index is 10.6. The van der Waals surface area contributed by atoms with Crippen molar-refractivity contribution in [3.05, 3.63) is 24.3 Å². The van der Waals surface area contributed by atoms with Crippen molar-refractivity contribution >= 4 is 10.1 Å². The lowest BCUT2D eigenvalue weighted by Crippen LogP contribution is -2.09. The third kappa shape index (κ3) is 1.99. The highest BCUT2D eigenvalue weighted by molar-refractivity contribution is 7.86. The Hall–Kier alpha value is -1.01. The summed E-state index contributed by atoms with van der Waals surface area (Å²) in [5, 5.41) is -1.02. The van der Waals surface area contributed by atoms with Crippen molar-refractivity contribution in [2.75, 3.05) is 0 Å². The van der Waals surface area contributed by atoms with Gasteiger partial charge in [-0.05, 0) is 6.92 Å². The molecule has 0 unspecified atom stereocenters. The lowest BCUT2D eigenvalue weighted by Gasteiger charge is -2.04. The van der Waals surface area contributed by atoms with Crippen molar-refractivity contribution in [2.45, 2.75) is 12.2 Å².